The van der Waals surface area contributed by atoms with E-state index in [-0.39, 0.29) is 0 Å². The molecule has 0 radical (unpaired) electrons. The van der Waals surface area contributed by atoms with E-state index >= 15 is 0 Å². The van der Waals surface area contributed by atoms with Crippen LogP contribution >= 0.6 is 0 Å². The van der Waals surface area contributed by atoms with Gasteiger partial charge in [0.1, 0.15) is 0 Å². The quantitative estimate of drug-likeness (QED) is 0.0950. The molecule has 64 heavy (non-hydrogen) atoms. The smallest absolute Gasteiger partial charge is 0.0540 e. The van der Waals surface area contributed by atoms with Gasteiger partial charge in [0.25, 0.3) is 0 Å². The first-order valence-electron chi connectivity index (χ1n) is 21.8. The summed E-state index contributed by atoms with van der Waals surface area (Å²) < 4.78 is 0. The number of para-hydroxylation sites is 2. The Morgan fingerprint density at radius 3 is 1.50 bits per heavy atom. The van der Waals surface area contributed by atoms with Gasteiger partial charge >= 0.3 is 0 Å². The molecule has 8 rings (SSSR count). The van der Waals surface area contributed by atoms with Gasteiger partial charge in [-0.3, -0.25) is 0 Å². The van der Waals surface area contributed by atoms with Crippen LogP contribution in [0, 0.1) is 0 Å². The Morgan fingerprint density at radius 1 is 0.453 bits per heavy atom. The van der Waals surface area contributed by atoms with E-state index in [0.717, 1.165) is 67.5 Å². The van der Waals surface area contributed by atoms with E-state index in [1.165, 1.54) is 22.3 Å². The third-order valence-electron chi connectivity index (χ3n) is 11.4. The Hall–Kier alpha value is -8.20. The van der Waals surface area contributed by atoms with Crippen molar-refractivity contribution in [1.82, 2.24) is 0 Å². The molecule has 0 aliphatic heterocycles. The van der Waals surface area contributed by atoms with Crippen LogP contribution in [0.25, 0.3) is 50.1 Å². The molecule has 0 bridgehead atoms. The van der Waals surface area contributed by atoms with E-state index in [1.54, 1.807) is 0 Å². The number of nitrogens with zero attached hydrogens (tertiary/aromatic N) is 2. The summed E-state index contributed by atoms with van der Waals surface area (Å²) in [6.45, 7) is 12.4. The lowest BCUT2D eigenvalue weighted by Crippen LogP contribution is -2.21. The van der Waals surface area contributed by atoms with Crippen molar-refractivity contribution in [3.8, 4) is 44.5 Å². The molecule has 0 aliphatic carbocycles. The lowest BCUT2D eigenvalue weighted by Gasteiger charge is -2.29. The monoisotopic (exact) mass is 824 g/mol. The summed E-state index contributed by atoms with van der Waals surface area (Å²) in [6.07, 6.45) is 14.0. The molecule has 0 saturated carbocycles. The van der Waals surface area contributed by atoms with Gasteiger partial charge in [-0.15, -0.1) is 0 Å². The number of rotatable bonds is 15. The standard InChI is InChI=1S/C62H52N2/c1-5-8-31-56(7-3)63(61(35-9-6-2)47(4)48-23-13-10-14-24-48)58-41-37-49(38-42-58)52-27-21-29-54(45-52)55-30-22-28-53(46-55)50-39-43-59(44-40-50)64(57-32-17-12-18-33-57)62-36-20-19-34-60(62)51-25-15-11-16-26-51/h5-46H,2-3H2,1,4H3/b8-5-,35-9-,56-31+,61-47-. The summed E-state index contributed by atoms with van der Waals surface area (Å²) in [4.78, 5) is 4.61. The van der Waals surface area contributed by atoms with Gasteiger partial charge in [0, 0.05) is 34.0 Å². The van der Waals surface area contributed by atoms with E-state index in [4.69, 9.17) is 0 Å². The van der Waals surface area contributed by atoms with Gasteiger partial charge < -0.3 is 9.80 Å². The molecular formula is C62H52N2. The van der Waals surface area contributed by atoms with E-state index < -0.39 is 0 Å². The molecule has 310 valence electrons. The Labute approximate surface area is 379 Å². The predicted octanol–water partition coefficient (Wildman–Crippen LogP) is 17.5. The number of anilines is 4. The first-order valence-corrected chi connectivity index (χ1v) is 21.8. The first-order chi connectivity index (χ1) is 31.6. The van der Waals surface area contributed by atoms with Crippen molar-refractivity contribution in [2.75, 3.05) is 9.80 Å². The van der Waals surface area contributed by atoms with Crippen molar-refractivity contribution in [2.45, 2.75) is 13.8 Å². The van der Waals surface area contributed by atoms with Crippen molar-refractivity contribution in [2.24, 2.45) is 0 Å². The van der Waals surface area contributed by atoms with Gasteiger partial charge in [-0.1, -0.05) is 195 Å². The van der Waals surface area contributed by atoms with Crippen LogP contribution in [0.5, 0.6) is 0 Å². The SMILES string of the molecule is C=C/C=C\C(=C(/C)c1ccccc1)N(/C(C=C)=C/C=C\C)c1ccc(-c2cccc(-c3cccc(-c4ccc(N(c5ccccc5)c5ccccc5-c5ccccc5)cc4)c3)c2)cc1. The van der Waals surface area contributed by atoms with E-state index in [2.05, 4.69) is 248 Å². The highest BCUT2D eigenvalue weighted by Crippen LogP contribution is 2.41. The highest BCUT2D eigenvalue weighted by molar-refractivity contribution is 5.89. The third-order valence-corrected chi connectivity index (χ3v) is 11.4. The summed E-state index contributed by atoms with van der Waals surface area (Å²) in [7, 11) is 0. The molecule has 0 N–H and O–H groups in total. The fourth-order valence-corrected chi connectivity index (χ4v) is 8.12. The number of hydrogen-bond acceptors (Lipinski definition) is 2. The van der Waals surface area contributed by atoms with Gasteiger partial charge in [-0.25, -0.2) is 0 Å². The van der Waals surface area contributed by atoms with Crippen LogP contribution in [-0.4, -0.2) is 0 Å². The van der Waals surface area contributed by atoms with Crippen molar-refractivity contribution in [3.63, 3.8) is 0 Å². The average molecular weight is 825 g/mol. The lowest BCUT2D eigenvalue weighted by molar-refractivity contribution is 1.14. The zero-order valence-corrected chi connectivity index (χ0v) is 36.6. The van der Waals surface area contributed by atoms with Crippen LogP contribution < -0.4 is 9.80 Å². The zero-order chi connectivity index (χ0) is 44.1. The summed E-state index contributed by atoms with van der Waals surface area (Å²) in [5.41, 5.74) is 18.0. The molecule has 0 spiro atoms. The van der Waals surface area contributed by atoms with Crippen molar-refractivity contribution in [1.29, 1.82) is 0 Å². The molecule has 0 atom stereocenters. The molecule has 0 saturated heterocycles. The normalized spacial score (nSPS) is 11.9. The molecule has 0 amide bonds. The zero-order valence-electron chi connectivity index (χ0n) is 36.6. The van der Waals surface area contributed by atoms with Crippen molar-refractivity contribution >= 4 is 28.3 Å². The highest BCUT2D eigenvalue weighted by Gasteiger charge is 2.19. The van der Waals surface area contributed by atoms with E-state index in [1.807, 2.05) is 43.4 Å². The van der Waals surface area contributed by atoms with Gasteiger partial charge in [-0.05, 0) is 137 Å². The number of benzene rings is 8. The molecular weight excluding hydrogens is 773 g/mol. The molecule has 8 aromatic rings. The van der Waals surface area contributed by atoms with Crippen molar-refractivity contribution < 1.29 is 0 Å². The fraction of sp³-hybridized carbons (Fsp3) is 0.0323. The molecule has 0 aliphatic rings. The minimum absolute atomic E-state index is 0.961. The fourth-order valence-electron chi connectivity index (χ4n) is 8.12. The Morgan fingerprint density at radius 2 is 0.938 bits per heavy atom. The molecule has 0 unspecified atom stereocenters. The lowest BCUT2D eigenvalue weighted by atomic mass is 9.96. The molecule has 0 heterocycles. The Bertz CT molecular complexity index is 2950. The molecule has 0 fully saturated rings. The molecule has 2 heteroatoms. The van der Waals surface area contributed by atoms with Crippen LogP contribution in [0.3, 0.4) is 0 Å². The summed E-state index contributed by atoms with van der Waals surface area (Å²) in [5.74, 6) is 0. The topological polar surface area (TPSA) is 6.48 Å². The summed E-state index contributed by atoms with van der Waals surface area (Å²) in [6, 6.07) is 75.7. The Balaban J connectivity index is 1.10. The van der Waals surface area contributed by atoms with Gasteiger partial charge in [-0.2, -0.15) is 0 Å². The third kappa shape index (κ3) is 9.63. The summed E-state index contributed by atoms with van der Waals surface area (Å²) in [5, 5.41) is 0. The predicted molar refractivity (Wildman–Crippen MR) is 277 cm³/mol. The maximum atomic E-state index is 4.22. The minimum atomic E-state index is 0.961. The van der Waals surface area contributed by atoms with Crippen LogP contribution in [0.2, 0.25) is 0 Å². The largest absolute Gasteiger partial charge is 0.310 e. The maximum Gasteiger partial charge on any atom is 0.0540 e. The first kappa shape index (κ1) is 42.5. The second-order valence-electron chi connectivity index (χ2n) is 15.4. The Kier molecular flexibility index (Phi) is 13.7. The van der Waals surface area contributed by atoms with E-state index in [0.29, 0.717) is 0 Å². The second kappa shape index (κ2) is 20.6. The van der Waals surface area contributed by atoms with Crippen molar-refractivity contribution in [3.05, 3.63) is 285 Å². The molecule has 2 nitrogen and oxygen atoms in total. The molecule has 8 aromatic carbocycles. The van der Waals surface area contributed by atoms with Crippen LogP contribution in [0.4, 0.5) is 22.7 Å². The second-order valence-corrected chi connectivity index (χ2v) is 15.4. The molecule has 0 aromatic heterocycles. The van der Waals surface area contributed by atoms with E-state index in [9.17, 15) is 0 Å². The summed E-state index contributed by atoms with van der Waals surface area (Å²) >= 11 is 0. The highest BCUT2D eigenvalue weighted by atomic mass is 15.2. The van der Waals surface area contributed by atoms with Gasteiger partial charge in [0.05, 0.1) is 5.69 Å². The minimum Gasteiger partial charge on any atom is -0.310 e. The van der Waals surface area contributed by atoms with Gasteiger partial charge in [0.2, 0.25) is 0 Å². The maximum absolute atomic E-state index is 4.22. The van der Waals surface area contributed by atoms with Crippen LogP contribution in [0.15, 0.2) is 279 Å². The van der Waals surface area contributed by atoms with Crippen LogP contribution in [-0.2, 0) is 0 Å². The van der Waals surface area contributed by atoms with Crippen LogP contribution in [0.1, 0.15) is 19.4 Å². The average Bonchev–Trinajstić information content (AvgIpc) is 3.37. The number of hydrogen-bond donors (Lipinski definition) is 0. The number of allylic oxidation sites excluding steroid dienone is 8. The van der Waals surface area contributed by atoms with Gasteiger partial charge in [0.15, 0.2) is 0 Å².